The average Bonchev–Trinajstić information content (AvgIpc) is 3.53. The largest absolute Gasteiger partial charge is 0.253 e. The minimum atomic E-state index is 0.614. The molecule has 9 aromatic rings. The summed E-state index contributed by atoms with van der Waals surface area (Å²) in [5, 5.41) is 4.42. The van der Waals surface area contributed by atoms with Crippen LogP contribution in [0.3, 0.4) is 0 Å². The molecule has 0 aliphatic heterocycles. The lowest BCUT2D eigenvalue weighted by Crippen LogP contribution is -2.00. The van der Waals surface area contributed by atoms with Gasteiger partial charge in [-0.15, -0.1) is 11.3 Å². The van der Waals surface area contributed by atoms with E-state index in [1.165, 1.54) is 0 Å². The van der Waals surface area contributed by atoms with Crippen LogP contribution in [0.25, 0.3) is 87.8 Å². The van der Waals surface area contributed by atoms with Crippen molar-refractivity contribution in [3.63, 3.8) is 0 Å². The highest BCUT2D eigenvalue weighted by Gasteiger charge is 2.16. The lowest BCUT2D eigenvalue weighted by Gasteiger charge is -2.12. The minimum absolute atomic E-state index is 0.614. The maximum atomic E-state index is 5.02. The van der Waals surface area contributed by atoms with Crippen LogP contribution in [0.2, 0.25) is 0 Å². The Balaban J connectivity index is 1.17. The molecule has 0 fully saturated rings. The quantitative estimate of drug-likeness (QED) is 0.191. The van der Waals surface area contributed by atoms with E-state index < -0.39 is 0 Å². The highest BCUT2D eigenvalue weighted by atomic mass is 32.1. The maximum absolute atomic E-state index is 5.02. The van der Waals surface area contributed by atoms with E-state index in [0.717, 1.165) is 70.3 Å². The third-order valence-corrected chi connectivity index (χ3v) is 9.37. The van der Waals surface area contributed by atoms with Gasteiger partial charge in [-0.1, -0.05) is 103 Å². The molecule has 0 radical (unpaired) electrons. The SMILES string of the molecule is c1ccc(-c2nc(-c3ccccc3)nc(-c3cccc(-c4cnc(-c5cc6c(cn5)sc5ncccc56)c5ccccc45)c3)n2)cc1. The monoisotopic (exact) mass is 620 g/mol. The Morgan fingerprint density at radius 2 is 1.04 bits per heavy atom. The van der Waals surface area contributed by atoms with Crippen LogP contribution in [0.1, 0.15) is 0 Å². The van der Waals surface area contributed by atoms with E-state index in [1.807, 2.05) is 97.5 Å². The molecule has 0 spiro atoms. The molecule has 7 heteroatoms. The van der Waals surface area contributed by atoms with Crippen LogP contribution >= 0.6 is 11.3 Å². The first-order valence-electron chi connectivity index (χ1n) is 15.3. The first-order chi connectivity index (χ1) is 23.3. The molecular weight excluding hydrogens is 597 g/mol. The first-order valence-corrected chi connectivity index (χ1v) is 16.1. The number of pyridine rings is 3. The summed E-state index contributed by atoms with van der Waals surface area (Å²) in [6.45, 7) is 0. The molecule has 0 N–H and O–H groups in total. The van der Waals surface area contributed by atoms with Crippen molar-refractivity contribution in [2.75, 3.05) is 0 Å². The van der Waals surface area contributed by atoms with Gasteiger partial charge in [0.05, 0.1) is 16.1 Å². The molecule has 0 bridgehead atoms. The number of rotatable bonds is 5. The van der Waals surface area contributed by atoms with Crippen molar-refractivity contribution >= 4 is 42.4 Å². The van der Waals surface area contributed by atoms with Crippen molar-refractivity contribution in [3.8, 4) is 56.7 Å². The van der Waals surface area contributed by atoms with E-state index in [0.29, 0.717) is 17.5 Å². The summed E-state index contributed by atoms with van der Waals surface area (Å²) in [6, 6.07) is 43.0. The summed E-state index contributed by atoms with van der Waals surface area (Å²) in [5.41, 5.74) is 6.52. The van der Waals surface area contributed by atoms with Crippen molar-refractivity contribution < 1.29 is 0 Å². The number of aromatic nitrogens is 6. The molecule has 4 aromatic carbocycles. The van der Waals surface area contributed by atoms with Crippen molar-refractivity contribution in [1.29, 1.82) is 0 Å². The fraction of sp³-hybridized carbons (Fsp3) is 0. The number of fused-ring (bicyclic) bond motifs is 4. The molecule has 0 atom stereocenters. The van der Waals surface area contributed by atoms with Gasteiger partial charge < -0.3 is 0 Å². The Morgan fingerprint density at radius 1 is 0.426 bits per heavy atom. The van der Waals surface area contributed by atoms with Crippen LogP contribution < -0.4 is 0 Å². The topological polar surface area (TPSA) is 77.3 Å². The lowest BCUT2D eigenvalue weighted by atomic mass is 9.97. The summed E-state index contributed by atoms with van der Waals surface area (Å²) >= 11 is 1.66. The van der Waals surface area contributed by atoms with Gasteiger partial charge in [0.1, 0.15) is 4.83 Å². The van der Waals surface area contributed by atoms with Crippen LogP contribution in [-0.2, 0) is 0 Å². The highest BCUT2D eigenvalue weighted by molar-refractivity contribution is 7.25. The number of nitrogens with zero attached hydrogens (tertiary/aromatic N) is 6. The predicted molar refractivity (Wildman–Crippen MR) is 191 cm³/mol. The second kappa shape index (κ2) is 11.3. The normalized spacial score (nSPS) is 11.4. The molecule has 0 saturated carbocycles. The van der Waals surface area contributed by atoms with E-state index in [2.05, 4.69) is 53.5 Å². The highest BCUT2D eigenvalue weighted by Crippen LogP contribution is 2.38. The third kappa shape index (κ3) is 4.90. The van der Waals surface area contributed by atoms with Gasteiger partial charge in [-0.05, 0) is 35.2 Å². The van der Waals surface area contributed by atoms with Crippen molar-refractivity contribution in [1.82, 2.24) is 29.9 Å². The van der Waals surface area contributed by atoms with Crippen LogP contribution in [0, 0.1) is 0 Å². The van der Waals surface area contributed by atoms with E-state index >= 15 is 0 Å². The molecule has 0 aliphatic carbocycles. The zero-order valence-electron chi connectivity index (χ0n) is 24.9. The molecule has 0 unspecified atom stereocenters. The smallest absolute Gasteiger partial charge is 0.164 e. The average molecular weight is 621 g/mol. The van der Waals surface area contributed by atoms with Gasteiger partial charge in [0.2, 0.25) is 0 Å². The van der Waals surface area contributed by atoms with E-state index in [-0.39, 0.29) is 0 Å². The fourth-order valence-corrected chi connectivity index (χ4v) is 7.03. The van der Waals surface area contributed by atoms with E-state index in [9.17, 15) is 0 Å². The van der Waals surface area contributed by atoms with Crippen LogP contribution in [0.5, 0.6) is 0 Å². The van der Waals surface area contributed by atoms with Crippen LogP contribution in [0.4, 0.5) is 0 Å². The van der Waals surface area contributed by atoms with Gasteiger partial charge in [0.15, 0.2) is 17.5 Å². The minimum Gasteiger partial charge on any atom is -0.253 e. The molecule has 5 heterocycles. The van der Waals surface area contributed by atoms with Crippen molar-refractivity contribution in [3.05, 3.63) is 146 Å². The summed E-state index contributed by atoms with van der Waals surface area (Å²) in [6.07, 6.45) is 5.72. The molecule has 47 heavy (non-hydrogen) atoms. The lowest BCUT2D eigenvalue weighted by molar-refractivity contribution is 1.07. The van der Waals surface area contributed by atoms with Crippen molar-refractivity contribution in [2.45, 2.75) is 0 Å². The van der Waals surface area contributed by atoms with Crippen LogP contribution in [0.15, 0.2) is 146 Å². The molecule has 9 rings (SSSR count). The molecule has 6 nitrogen and oxygen atoms in total. The summed E-state index contributed by atoms with van der Waals surface area (Å²) in [7, 11) is 0. The maximum Gasteiger partial charge on any atom is 0.164 e. The van der Waals surface area contributed by atoms with Gasteiger partial charge in [-0.2, -0.15) is 0 Å². The Labute approximate surface area is 274 Å². The fourth-order valence-electron chi connectivity index (χ4n) is 6.04. The number of benzene rings is 4. The molecular formula is C40H24N6S. The number of hydrogen-bond donors (Lipinski definition) is 0. The Hall–Kier alpha value is -6.18. The molecule has 220 valence electrons. The van der Waals surface area contributed by atoms with Gasteiger partial charge in [-0.3, -0.25) is 9.97 Å². The zero-order valence-corrected chi connectivity index (χ0v) is 25.8. The Bertz CT molecular complexity index is 2520. The van der Waals surface area contributed by atoms with E-state index in [4.69, 9.17) is 24.9 Å². The third-order valence-electron chi connectivity index (χ3n) is 8.30. The van der Waals surface area contributed by atoms with Crippen molar-refractivity contribution in [2.24, 2.45) is 0 Å². The van der Waals surface area contributed by atoms with Gasteiger partial charge >= 0.3 is 0 Å². The zero-order chi connectivity index (χ0) is 31.2. The molecule has 0 saturated heterocycles. The molecule has 0 amide bonds. The predicted octanol–water partition coefficient (Wildman–Crippen LogP) is 9.91. The Kier molecular flexibility index (Phi) is 6.54. The summed E-state index contributed by atoms with van der Waals surface area (Å²) < 4.78 is 1.12. The van der Waals surface area contributed by atoms with Gasteiger partial charge in [0.25, 0.3) is 0 Å². The standard InChI is InChI=1S/C40H24N6S/c1-3-11-25(12-4-1)37-44-38(26-13-5-2-6-14-26)46-39(45-37)28-16-9-15-27(21-28)33-23-43-36(30-18-8-7-17-29(30)33)34-22-32-31-19-10-20-41-40(31)47-35(32)24-42-34/h1-24H. The first kappa shape index (κ1) is 27.2. The Morgan fingerprint density at radius 3 is 1.79 bits per heavy atom. The summed E-state index contributed by atoms with van der Waals surface area (Å²) in [5.74, 6) is 1.88. The van der Waals surface area contributed by atoms with Gasteiger partial charge in [-0.25, -0.2) is 19.9 Å². The number of thiophene rings is 1. The number of hydrogen-bond acceptors (Lipinski definition) is 7. The summed E-state index contributed by atoms with van der Waals surface area (Å²) in [4.78, 5) is 30.2. The van der Waals surface area contributed by atoms with E-state index in [1.54, 1.807) is 11.3 Å². The van der Waals surface area contributed by atoms with Crippen LogP contribution in [-0.4, -0.2) is 29.9 Å². The van der Waals surface area contributed by atoms with Gasteiger partial charge in [0, 0.05) is 57.0 Å². The second-order valence-corrected chi connectivity index (χ2v) is 12.2. The second-order valence-electron chi connectivity index (χ2n) is 11.2. The molecule has 5 aromatic heterocycles. The molecule has 0 aliphatic rings.